The largest absolute Gasteiger partial charge is 0.489 e. The third-order valence-electron chi connectivity index (χ3n) is 5.02. The number of nitrogens with zero attached hydrogens (tertiary/aromatic N) is 2. The van der Waals surface area contributed by atoms with Crippen LogP contribution < -0.4 is 9.64 Å². The molecule has 0 saturated carbocycles. The van der Waals surface area contributed by atoms with Gasteiger partial charge in [0.05, 0.1) is 5.02 Å². The van der Waals surface area contributed by atoms with Crippen molar-refractivity contribution in [3.05, 3.63) is 59.8 Å². The van der Waals surface area contributed by atoms with Gasteiger partial charge in [0.1, 0.15) is 18.5 Å². The highest BCUT2D eigenvalue weighted by Crippen LogP contribution is 2.27. The molecule has 1 fully saturated rings. The molecule has 2 heterocycles. The first kappa shape index (κ1) is 18.2. The number of ether oxygens (including phenoxy) is 1. The average Bonchev–Trinajstić information content (AvgIpc) is 3.17. The monoisotopic (exact) mass is 385 g/mol. The Kier molecular flexibility index (Phi) is 5.53. The highest BCUT2D eigenvalue weighted by atomic mass is 35.5. The van der Waals surface area contributed by atoms with Crippen molar-refractivity contribution in [2.75, 3.05) is 44.2 Å². The molecule has 3 aromatic rings. The minimum absolute atomic E-state index is 0.243. The van der Waals surface area contributed by atoms with Gasteiger partial charge in [-0.1, -0.05) is 29.8 Å². The molecule has 27 heavy (non-hydrogen) atoms. The number of nitrogens with one attached hydrogen (secondary N) is 1. The van der Waals surface area contributed by atoms with E-state index in [1.54, 1.807) is 6.07 Å². The van der Waals surface area contributed by atoms with Gasteiger partial charge in [-0.25, -0.2) is 0 Å². The number of H-pyrrole nitrogens is 1. The summed E-state index contributed by atoms with van der Waals surface area (Å²) < 4.78 is 5.65. The summed E-state index contributed by atoms with van der Waals surface area (Å²) >= 11 is 6.08. The number of para-hydroxylation sites is 1. The van der Waals surface area contributed by atoms with Crippen LogP contribution in [0, 0.1) is 0 Å². The van der Waals surface area contributed by atoms with E-state index in [4.69, 9.17) is 16.3 Å². The van der Waals surface area contributed by atoms with Crippen LogP contribution in [-0.2, 0) is 0 Å². The van der Waals surface area contributed by atoms with Gasteiger partial charge in [0.15, 0.2) is 0 Å². The van der Waals surface area contributed by atoms with Crippen molar-refractivity contribution in [2.24, 2.45) is 0 Å². The normalized spacial score (nSPS) is 16.6. The summed E-state index contributed by atoms with van der Waals surface area (Å²) in [4.78, 5) is 7.97. The van der Waals surface area contributed by atoms with E-state index in [0.29, 0.717) is 17.3 Å². The molecule has 5 nitrogen and oxygen atoms in total. The third kappa shape index (κ3) is 4.21. The van der Waals surface area contributed by atoms with Crippen LogP contribution in [-0.4, -0.2) is 60.4 Å². The van der Waals surface area contributed by atoms with Gasteiger partial charge in [0, 0.05) is 55.5 Å². The van der Waals surface area contributed by atoms with Gasteiger partial charge in [-0.2, -0.15) is 0 Å². The number of anilines is 1. The zero-order valence-electron chi connectivity index (χ0n) is 15.1. The van der Waals surface area contributed by atoms with E-state index < -0.39 is 6.10 Å². The fourth-order valence-corrected chi connectivity index (χ4v) is 3.80. The van der Waals surface area contributed by atoms with E-state index in [9.17, 15) is 5.11 Å². The molecule has 6 heteroatoms. The van der Waals surface area contributed by atoms with E-state index in [-0.39, 0.29) is 6.61 Å². The van der Waals surface area contributed by atoms with Crippen LogP contribution in [0.3, 0.4) is 0 Å². The molecule has 1 unspecified atom stereocenters. The SMILES string of the molecule is OC(COc1ccccc1Cl)CN1CCN(c2cccc3[nH]ccc23)CC1. The molecule has 4 rings (SSSR count). The number of β-amino-alcohol motifs (C(OH)–C–C–N with tert-alkyl or cyclic N) is 1. The number of benzene rings is 2. The van der Waals surface area contributed by atoms with Gasteiger partial charge in [-0.05, 0) is 30.3 Å². The lowest BCUT2D eigenvalue weighted by molar-refractivity contribution is 0.0663. The van der Waals surface area contributed by atoms with Crippen molar-refractivity contribution in [3.63, 3.8) is 0 Å². The zero-order valence-corrected chi connectivity index (χ0v) is 15.9. The molecule has 0 aliphatic carbocycles. The Bertz CT molecular complexity index is 890. The number of hydrogen-bond donors (Lipinski definition) is 2. The topological polar surface area (TPSA) is 51.7 Å². The molecule has 1 atom stereocenters. The summed E-state index contributed by atoms with van der Waals surface area (Å²) in [5.41, 5.74) is 2.44. The van der Waals surface area contributed by atoms with Gasteiger partial charge in [-0.15, -0.1) is 0 Å². The Labute approximate surface area is 164 Å². The van der Waals surface area contributed by atoms with Gasteiger partial charge in [0.2, 0.25) is 0 Å². The molecular weight excluding hydrogens is 362 g/mol. The first-order chi connectivity index (χ1) is 13.2. The summed E-state index contributed by atoms with van der Waals surface area (Å²) in [6.45, 7) is 4.58. The molecule has 0 bridgehead atoms. The van der Waals surface area contributed by atoms with Crippen LogP contribution in [0.2, 0.25) is 5.02 Å². The summed E-state index contributed by atoms with van der Waals surface area (Å²) in [5.74, 6) is 0.614. The number of hydrogen-bond acceptors (Lipinski definition) is 4. The maximum absolute atomic E-state index is 10.3. The van der Waals surface area contributed by atoms with Crippen molar-refractivity contribution in [1.29, 1.82) is 0 Å². The van der Waals surface area contributed by atoms with E-state index >= 15 is 0 Å². The van der Waals surface area contributed by atoms with Crippen LogP contribution in [0.5, 0.6) is 5.75 Å². The first-order valence-electron chi connectivity index (χ1n) is 9.29. The Hall–Kier alpha value is -2.21. The number of aromatic nitrogens is 1. The number of fused-ring (bicyclic) bond motifs is 1. The van der Waals surface area contributed by atoms with Crippen molar-refractivity contribution in [1.82, 2.24) is 9.88 Å². The third-order valence-corrected chi connectivity index (χ3v) is 5.33. The van der Waals surface area contributed by atoms with Crippen molar-refractivity contribution < 1.29 is 9.84 Å². The Balaban J connectivity index is 1.28. The van der Waals surface area contributed by atoms with Gasteiger partial charge in [0.25, 0.3) is 0 Å². The number of aromatic amines is 1. The second kappa shape index (κ2) is 8.21. The minimum Gasteiger partial charge on any atom is -0.489 e. The van der Waals surface area contributed by atoms with Gasteiger partial charge < -0.3 is 19.7 Å². The van der Waals surface area contributed by atoms with Gasteiger partial charge >= 0.3 is 0 Å². The number of rotatable bonds is 6. The predicted octanol–water partition coefficient (Wildman–Crippen LogP) is 3.38. The molecule has 1 aliphatic rings. The molecule has 2 N–H and O–H groups in total. The average molecular weight is 386 g/mol. The lowest BCUT2D eigenvalue weighted by Gasteiger charge is -2.37. The number of halogens is 1. The van der Waals surface area contributed by atoms with Crippen LogP contribution in [0.25, 0.3) is 10.9 Å². The number of aliphatic hydroxyl groups excluding tert-OH is 1. The standard InChI is InChI=1S/C21H24ClN3O2/c22-18-4-1-2-7-21(18)27-15-16(26)14-24-10-12-25(13-11-24)20-6-3-5-19-17(20)8-9-23-19/h1-9,16,23,26H,10-15H2. The zero-order chi connectivity index (χ0) is 18.6. The number of piperazine rings is 1. The quantitative estimate of drug-likeness (QED) is 0.683. The van der Waals surface area contributed by atoms with Crippen LogP contribution >= 0.6 is 11.6 Å². The Morgan fingerprint density at radius 3 is 2.67 bits per heavy atom. The Morgan fingerprint density at radius 1 is 1.04 bits per heavy atom. The van der Waals surface area contributed by atoms with Crippen LogP contribution in [0.4, 0.5) is 5.69 Å². The van der Waals surface area contributed by atoms with Crippen molar-refractivity contribution in [2.45, 2.75) is 6.10 Å². The maximum atomic E-state index is 10.3. The molecule has 1 saturated heterocycles. The molecule has 0 radical (unpaired) electrons. The highest BCUT2D eigenvalue weighted by Gasteiger charge is 2.21. The Morgan fingerprint density at radius 2 is 1.85 bits per heavy atom. The fourth-order valence-electron chi connectivity index (χ4n) is 3.61. The molecule has 0 amide bonds. The molecule has 1 aliphatic heterocycles. The molecule has 2 aromatic carbocycles. The second-order valence-electron chi connectivity index (χ2n) is 6.90. The summed E-state index contributed by atoms with van der Waals surface area (Å²) in [6.07, 6.45) is 1.45. The summed E-state index contributed by atoms with van der Waals surface area (Å²) in [5, 5.41) is 12.2. The minimum atomic E-state index is -0.541. The lowest BCUT2D eigenvalue weighted by Crippen LogP contribution is -2.49. The smallest absolute Gasteiger partial charge is 0.138 e. The summed E-state index contributed by atoms with van der Waals surface area (Å²) in [6, 6.07) is 15.8. The van der Waals surface area contributed by atoms with Crippen LogP contribution in [0.1, 0.15) is 0 Å². The van der Waals surface area contributed by atoms with E-state index in [2.05, 4.69) is 39.0 Å². The molecular formula is C21H24ClN3O2. The van der Waals surface area contributed by atoms with Crippen molar-refractivity contribution in [3.8, 4) is 5.75 Å². The van der Waals surface area contributed by atoms with Crippen molar-refractivity contribution >= 4 is 28.2 Å². The maximum Gasteiger partial charge on any atom is 0.138 e. The predicted molar refractivity (Wildman–Crippen MR) is 110 cm³/mol. The summed E-state index contributed by atoms with van der Waals surface area (Å²) in [7, 11) is 0. The molecule has 1 aromatic heterocycles. The van der Waals surface area contributed by atoms with Gasteiger partial charge in [-0.3, -0.25) is 4.90 Å². The van der Waals surface area contributed by atoms with E-state index in [0.717, 1.165) is 26.2 Å². The number of aliphatic hydroxyl groups is 1. The fraction of sp³-hybridized carbons (Fsp3) is 0.333. The van der Waals surface area contributed by atoms with Crippen LogP contribution in [0.15, 0.2) is 54.7 Å². The second-order valence-corrected chi connectivity index (χ2v) is 7.31. The first-order valence-corrected chi connectivity index (χ1v) is 9.67. The molecule has 142 valence electrons. The lowest BCUT2D eigenvalue weighted by atomic mass is 10.1. The highest BCUT2D eigenvalue weighted by molar-refractivity contribution is 6.32. The molecule has 0 spiro atoms. The van der Waals surface area contributed by atoms with E-state index in [1.807, 2.05) is 24.4 Å². The van der Waals surface area contributed by atoms with E-state index in [1.165, 1.54) is 16.6 Å².